The first kappa shape index (κ1) is 24.7. The molecule has 5 rings (SSSR count). The Bertz CT molecular complexity index is 1470. The number of hydrogen-bond donors (Lipinski definition) is 4. The van der Waals surface area contributed by atoms with E-state index >= 15 is 0 Å². The zero-order chi connectivity index (χ0) is 25.8. The highest BCUT2D eigenvalue weighted by Crippen LogP contribution is 2.44. The number of ether oxygens (including phenoxy) is 1. The molecule has 0 spiro atoms. The Balaban J connectivity index is 1.23. The number of carboxylic acid groups (broad SMARTS) is 1. The number of aromatic nitrogens is 3. The van der Waals surface area contributed by atoms with Crippen molar-refractivity contribution in [3.63, 3.8) is 0 Å². The smallest absolute Gasteiger partial charge is 0.355 e. The van der Waals surface area contributed by atoms with Crippen LogP contribution in [0.2, 0.25) is 0 Å². The third-order valence-corrected chi connectivity index (χ3v) is 8.79. The van der Waals surface area contributed by atoms with Crippen LogP contribution < -0.4 is 15.4 Å². The van der Waals surface area contributed by atoms with Gasteiger partial charge in [0.25, 0.3) is 0 Å². The van der Waals surface area contributed by atoms with Crippen LogP contribution >= 0.6 is 22.2 Å². The number of thiol groups is 1. The number of anilines is 3. The quantitative estimate of drug-likeness (QED) is 0.147. The molecule has 1 aliphatic heterocycles. The number of carbonyl (C=O) groups is 1. The number of amidine groups is 1. The van der Waals surface area contributed by atoms with E-state index < -0.39 is 16.2 Å². The van der Waals surface area contributed by atoms with E-state index in [9.17, 15) is 9.90 Å². The highest BCUT2D eigenvalue weighted by Gasteiger charge is 2.28. The molecule has 9 nitrogen and oxygen atoms in total. The van der Waals surface area contributed by atoms with Crippen LogP contribution in [0.5, 0.6) is 5.75 Å². The summed E-state index contributed by atoms with van der Waals surface area (Å²) < 4.78 is 6.82. The molecular weight excluding hydrogens is 508 g/mol. The molecule has 0 fully saturated rings. The Morgan fingerprint density at radius 1 is 1.00 bits per heavy atom. The molecule has 2 aromatic carbocycles. The lowest BCUT2D eigenvalue weighted by Gasteiger charge is -2.19. The monoisotopic (exact) mass is 534 g/mol. The number of allylic oxidation sites excluding steroid dienone is 1. The van der Waals surface area contributed by atoms with Crippen molar-refractivity contribution < 1.29 is 14.6 Å². The van der Waals surface area contributed by atoms with Crippen molar-refractivity contribution in [3.8, 4) is 5.75 Å². The summed E-state index contributed by atoms with van der Waals surface area (Å²) in [5.41, 5.74) is 2.67. The molecule has 4 aromatic rings. The van der Waals surface area contributed by atoms with E-state index in [1.54, 1.807) is 17.5 Å². The number of nitrogens with one attached hydrogen (secondary N) is 2. The van der Waals surface area contributed by atoms with Crippen LogP contribution in [0.15, 0.2) is 70.7 Å². The fraction of sp³-hybridized carbons (Fsp3) is 0.192. The van der Waals surface area contributed by atoms with Gasteiger partial charge in [-0.2, -0.15) is 0 Å². The molecule has 2 aromatic heterocycles. The maximum Gasteiger partial charge on any atom is 0.355 e. The van der Waals surface area contributed by atoms with Gasteiger partial charge in [0.15, 0.2) is 21.9 Å². The summed E-state index contributed by atoms with van der Waals surface area (Å²) in [6, 6.07) is 17.5. The van der Waals surface area contributed by atoms with E-state index in [4.69, 9.17) is 4.74 Å². The number of thiazole rings is 1. The van der Waals surface area contributed by atoms with Gasteiger partial charge in [-0.05, 0) is 51.0 Å². The maximum atomic E-state index is 12.1. The average Bonchev–Trinajstić information content (AvgIpc) is 3.50. The number of hydrogen-bond acceptors (Lipinski definition) is 9. The fourth-order valence-corrected chi connectivity index (χ4v) is 6.31. The van der Waals surface area contributed by atoms with E-state index in [1.807, 2.05) is 68.4 Å². The largest absolute Gasteiger partial charge is 0.494 e. The van der Waals surface area contributed by atoms with Crippen LogP contribution in [-0.2, 0) is 0 Å². The van der Waals surface area contributed by atoms with Crippen molar-refractivity contribution in [2.45, 2.75) is 26.7 Å². The first-order chi connectivity index (χ1) is 18.0. The van der Waals surface area contributed by atoms with Gasteiger partial charge in [-0.15, -0.1) is 10.2 Å². The zero-order valence-electron chi connectivity index (χ0n) is 20.3. The van der Waals surface area contributed by atoms with Gasteiger partial charge in [0.1, 0.15) is 5.75 Å². The third-order valence-electron chi connectivity index (χ3n) is 5.89. The van der Waals surface area contributed by atoms with Crippen molar-refractivity contribution in [2.24, 2.45) is 4.99 Å². The van der Waals surface area contributed by atoms with Crippen LogP contribution in [0, 0.1) is 13.8 Å². The maximum absolute atomic E-state index is 12.1. The van der Waals surface area contributed by atoms with Gasteiger partial charge >= 0.3 is 5.30 Å². The van der Waals surface area contributed by atoms with Crippen molar-refractivity contribution in [2.75, 3.05) is 17.2 Å². The van der Waals surface area contributed by atoms with E-state index in [-0.39, 0.29) is 0 Å². The summed E-state index contributed by atoms with van der Waals surface area (Å²) in [4.78, 5) is 21.9. The molecule has 0 amide bonds. The Labute approximate surface area is 220 Å². The number of rotatable bonds is 8. The van der Waals surface area contributed by atoms with E-state index in [0.29, 0.717) is 36.3 Å². The molecule has 0 saturated carbocycles. The van der Waals surface area contributed by atoms with Crippen molar-refractivity contribution in [1.29, 1.82) is 0 Å². The van der Waals surface area contributed by atoms with Gasteiger partial charge in [0.05, 0.1) is 16.8 Å². The number of para-hydroxylation sites is 2. The van der Waals surface area contributed by atoms with Gasteiger partial charge in [-0.1, -0.05) is 52.6 Å². The number of nitrogens with zero attached hydrogens (tertiary/aromatic N) is 4. The summed E-state index contributed by atoms with van der Waals surface area (Å²) >= 11 is 1.54. The summed E-state index contributed by atoms with van der Waals surface area (Å²) in [5, 5.41) is 25.2. The predicted octanol–water partition coefficient (Wildman–Crippen LogP) is 6.61. The fourth-order valence-electron chi connectivity index (χ4n) is 3.80. The summed E-state index contributed by atoms with van der Waals surface area (Å²) in [6.45, 7) is 4.36. The van der Waals surface area contributed by atoms with Crippen LogP contribution in [0.3, 0.4) is 0 Å². The number of benzene rings is 2. The molecule has 1 aliphatic rings. The van der Waals surface area contributed by atoms with Crippen LogP contribution in [0.4, 0.5) is 21.6 Å². The lowest BCUT2D eigenvalue weighted by molar-refractivity contribution is 0.222. The molecule has 0 saturated heterocycles. The molecule has 0 bridgehead atoms. The van der Waals surface area contributed by atoms with Crippen LogP contribution in [0.1, 0.15) is 24.0 Å². The minimum atomic E-state index is -1.64. The summed E-state index contributed by atoms with van der Waals surface area (Å²) in [7, 11) is -1.64. The minimum Gasteiger partial charge on any atom is -0.494 e. The first-order valence-electron chi connectivity index (χ1n) is 11.7. The van der Waals surface area contributed by atoms with Gasteiger partial charge < -0.3 is 20.5 Å². The molecule has 11 heteroatoms. The van der Waals surface area contributed by atoms with Crippen LogP contribution in [0.25, 0.3) is 10.2 Å². The molecular formula is C26H26N6O3S2. The Hall–Kier alpha value is -3.96. The van der Waals surface area contributed by atoms with Crippen molar-refractivity contribution >= 4 is 59.7 Å². The average molecular weight is 535 g/mol. The Morgan fingerprint density at radius 3 is 2.43 bits per heavy atom. The SMILES string of the molecule is Cc1c(NC2=NC=C(CCCOc3ccccc3)[SH]2C(=O)O)nnc(Nc2nc3ccccc3s2)c1C. The van der Waals surface area contributed by atoms with Crippen molar-refractivity contribution in [3.05, 3.63) is 76.8 Å². The number of fused-ring (bicyclic) bond motifs is 1. The van der Waals surface area contributed by atoms with E-state index in [1.165, 1.54) is 0 Å². The Kier molecular flexibility index (Phi) is 7.33. The van der Waals surface area contributed by atoms with Crippen molar-refractivity contribution in [1.82, 2.24) is 15.2 Å². The standard InChI is InChI=1S/C26H26N6O3S2/c1-16-17(2)23(32-31-22(16)29-24-28-20-12-6-7-13-21(20)36-24)30-25-27-15-19(37(25)26(33)34)11-8-14-35-18-9-4-3-5-10-18/h3-7,9-10,12-13,15,37H,8,11,14H2,1-2H3,(H,33,34)(H,27,30,32)(H,28,29,31). The molecule has 1 atom stereocenters. The second-order valence-electron chi connectivity index (χ2n) is 8.34. The van der Waals surface area contributed by atoms with Gasteiger partial charge in [-0.3, -0.25) is 0 Å². The first-order valence-corrected chi connectivity index (χ1v) is 13.9. The highest BCUT2D eigenvalue weighted by atomic mass is 32.2. The van der Waals surface area contributed by atoms with Gasteiger partial charge in [-0.25, -0.2) is 14.8 Å². The van der Waals surface area contributed by atoms with Crippen LogP contribution in [-0.4, -0.2) is 37.4 Å². The third kappa shape index (κ3) is 5.57. The van der Waals surface area contributed by atoms with Gasteiger partial charge in [0, 0.05) is 22.2 Å². The molecule has 0 radical (unpaired) electrons. The molecule has 0 aliphatic carbocycles. The van der Waals surface area contributed by atoms with Gasteiger partial charge in [0.2, 0.25) is 0 Å². The molecule has 37 heavy (non-hydrogen) atoms. The zero-order valence-corrected chi connectivity index (χ0v) is 22.0. The number of aliphatic imine (C=N–C) groups is 1. The Morgan fingerprint density at radius 2 is 1.70 bits per heavy atom. The minimum absolute atomic E-state index is 0.394. The second kappa shape index (κ2) is 11.0. The summed E-state index contributed by atoms with van der Waals surface area (Å²) in [6.07, 6.45) is 2.94. The second-order valence-corrected chi connectivity index (χ2v) is 11.4. The molecule has 3 heterocycles. The topological polar surface area (TPSA) is 122 Å². The van der Waals surface area contributed by atoms with E-state index in [2.05, 4.69) is 30.8 Å². The molecule has 3 N–H and O–H groups in total. The molecule has 1 unspecified atom stereocenters. The lowest BCUT2D eigenvalue weighted by atomic mass is 10.2. The van der Waals surface area contributed by atoms with E-state index in [0.717, 1.165) is 37.1 Å². The lowest BCUT2D eigenvalue weighted by Crippen LogP contribution is -2.18. The normalized spacial score (nSPS) is 15.8. The summed E-state index contributed by atoms with van der Waals surface area (Å²) in [5.74, 6) is 1.89. The highest BCUT2D eigenvalue weighted by molar-refractivity contribution is 8.44. The predicted molar refractivity (Wildman–Crippen MR) is 152 cm³/mol. The molecule has 190 valence electrons.